The fourth-order valence-corrected chi connectivity index (χ4v) is 1.18. The van der Waals surface area contributed by atoms with Gasteiger partial charge in [-0.25, -0.2) is 9.59 Å². The minimum Gasteiger partial charge on any atom is -0.466 e. The smallest absolute Gasteiger partial charge is 0.331 e. The SMILES string of the molecule is COC(=O)/C=C/C(=O)OCCNC(=O)C1=CCC=N1. The van der Waals surface area contributed by atoms with E-state index in [-0.39, 0.29) is 19.1 Å². The van der Waals surface area contributed by atoms with Crippen molar-refractivity contribution < 1.29 is 23.9 Å². The van der Waals surface area contributed by atoms with Crippen LogP contribution < -0.4 is 5.32 Å². The van der Waals surface area contributed by atoms with Gasteiger partial charge in [-0.2, -0.15) is 0 Å². The monoisotopic (exact) mass is 266 g/mol. The van der Waals surface area contributed by atoms with Crippen LogP contribution in [0, 0.1) is 0 Å². The highest BCUT2D eigenvalue weighted by atomic mass is 16.5. The van der Waals surface area contributed by atoms with Crippen molar-refractivity contribution in [1.29, 1.82) is 0 Å². The summed E-state index contributed by atoms with van der Waals surface area (Å²) in [7, 11) is 1.20. The first-order chi connectivity index (χ1) is 9.13. The van der Waals surface area contributed by atoms with E-state index in [1.165, 1.54) is 7.11 Å². The number of esters is 2. The van der Waals surface area contributed by atoms with Crippen molar-refractivity contribution in [2.75, 3.05) is 20.3 Å². The number of rotatable bonds is 6. The van der Waals surface area contributed by atoms with Crippen LogP contribution in [0.15, 0.2) is 28.9 Å². The predicted molar refractivity (Wildman–Crippen MR) is 66.3 cm³/mol. The molecule has 1 N–H and O–H groups in total. The molecule has 0 bridgehead atoms. The van der Waals surface area contributed by atoms with E-state index >= 15 is 0 Å². The summed E-state index contributed by atoms with van der Waals surface area (Å²) in [6, 6.07) is 0. The average Bonchev–Trinajstić information content (AvgIpc) is 2.94. The quantitative estimate of drug-likeness (QED) is 0.406. The van der Waals surface area contributed by atoms with Gasteiger partial charge in [-0.1, -0.05) is 0 Å². The normalized spacial score (nSPS) is 13.2. The number of ether oxygens (including phenoxy) is 2. The third-order valence-corrected chi connectivity index (χ3v) is 2.07. The molecule has 1 heterocycles. The maximum absolute atomic E-state index is 11.4. The summed E-state index contributed by atoms with van der Waals surface area (Å²) in [5.41, 5.74) is 0.358. The van der Waals surface area contributed by atoms with Crippen molar-refractivity contribution >= 4 is 24.1 Å². The molecule has 0 aliphatic carbocycles. The van der Waals surface area contributed by atoms with Crippen LogP contribution in [0.4, 0.5) is 0 Å². The van der Waals surface area contributed by atoms with Gasteiger partial charge in [-0.3, -0.25) is 9.79 Å². The molecule has 0 fully saturated rings. The highest BCUT2D eigenvalue weighted by Crippen LogP contribution is 2.04. The van der Waals surface area contributed by atoms with E-state index in [4.69, 9.17) is 4.74 Å². The number of hydrogen-bond donors (Lipinski definition) is 1. The molecule has 0 spiro atoms. The number of allylic oxidation sites excluding steroid dienone is 1. The van der Waals surface area contributed by atoms with Gasteiger partial charge >= 0.3 is 11.9 Å². The van der Waals surface area contributed by atoms with Crippen molar-refractivity contribution in [1.82, 2.24) is 5.32 Å². The standard InChI is InChI=1S/C12H14N2O5/c1-18-10(15)4-5-11(16)19-8-7-14-12(17)9-3-2-6-13-9/h3-6H,2,7-8H2,1H3,(H,14,17)/b5-4+. The molecule has 0 aromatic carbocycles. The fraction of sp³-hybridized carbons (Fsp3) is 0.333. The van der Waals surface area contributed by atoms with Crippen LogP contribution in [-0.4, -0.2) is 44.3 Å². The van der Waals surface area contributed by atoms with Gasteiger partial charge < -0.3 is 14.8 Å². The zero-order valence-electron chi connectivity index (χ0n) is 10.4. The second-order valence-corrected chi connectivity index (χ2v) is 3.42. The van der Waals surface area contributed by atoms with Gasteiger partial charge in [0.1, 0.15) is 12.3 Å². The number of nitrogens with one attached hydrogen (secondary N) is 1. The van der Waals surface area contributed by atoms with Crippen LogP contribution in [0.25, 0.3) is 0 Å². The number of hydrogen-bond acceptors (Lipinski definition) is 6. The summed E-state index contributed by atoms with van der Waals surface area (Å²) >= 11 is 0. The lowest BCUT2D eigenvalue weighted by Crippen LogP contribution is -2.28. The number of carbonyl (C=O) groups excluding carboxylic acids is 3. The van der Waals surface area contributed by atoms with E-state index in [2.05, 4.69) is 15.0 Å². The molecule has 1 aliphatic heterocycles. The van der Waals surface area contributed by atoms with Crippen molar-refractivity contribution in [2.45, 2.75) is 6.42 Å². The molecule has 7 heteroatoms. The van der Waals surface area contributed by atoms with Crippen LogP contribution in [0.3, 0.4) is 0 Å². The Morgan fingerprint density at radius 2 is 2.11 bits per heavy atom. The zero-order chi connectivity index (χ0) is 14.1. The van der Waals surface area contributed by atoms with E-state index in [1.807, 2.05) is 0 Å². The highest BCUT2D eigenvalue weighted by molar-refractivity contribution is 5.96. The molecule has 0 radical (unpaired) electrons. The lowest BCUT2D eigenvalue weighted by molar-refractivity contribution is -0.139. The summed E-state index contributed by atoms with van der Waals surface area (Å²) in [5.74, 6) is -1.64. The minimum absolute atomic E-state index is 0.00702. The molecule has 1 aliphatic rings. The zero-order valence-corrected chi connectivity index (χ0v) is 10.4. The molecule has 7 nitrogen and oxygen atoms in total. The number of aliphatic imine (C=N–C) groups is 1. The molecule has 0 atom stereocenters. The second kappa shape index (κ2) is 7.80. The molecular weight excluding hydrogens is 252 g/mol. The average molecular weight is 266 g/mol. The molecule has 1 rings (SSSR count). The second-order valence-electron chi connectivity index (χ2n) is 3.42. The third kappa shape index (κ3) is 5.62. The predicted octanol–water partition coefficient (Wildman–Crippen LogP) is -0.267. The Hall–Kier alpha value is -2.44. The van der Waals surface area contributed by atoms with Crippen molar-refractivity contribution in [3.8, 4) is 0 Å². The summed E-state index contributed by atoms with van der Waals surface area (Å²) in [4.78, 5) is 37.1. The summed E-state index contributed by atoms with van der Waals surface area (Å²) in [6.07, 6.45) is 5.89. The Morgan fingerprint density at radius 1 is 1.37 bits per heavy atom. The largest absolute Gasteiger partial charge is 0.466 e. The summed E-state index contributed by atoms with van der Waals surface area (Å²) in [5, 5.41) is 2.54. The van der Waals surface area contributed by atoms with Gasteiger partial charge in [0, 0.05) is 24.8 Å². The number of carbonyl (C=O) groups is 3. The van der Waals surface area contributed by atoms with E-state index in [1.54, 1.807) is 12.3 Å². The molecule has 1 amide bonds. The molecule has 0 aromatic heterocycles. The van der Waals surface area contributed by atoms with Crippen LogP contribution in [0.1, 0.15) is 6.42 Å². The molecule has 0 unspecified atom stereocenters. The first-order valence-electron chi connectivity index (χ1n) is 5.57. The Morgan fingerprint density at radius 3 is 2.74 bits per heavy atom. The van der Waals surface area contributed by atoms with Gasteiger partial charge in [-0.15, -0.1) is 0 Å². The molecule has 0 saturated carbocycles. The molecule has 19 heavy (non-hydrogen) atoms. The summed E-state index contributed by atoms with van der Waals surface area (Å²) < 4.78 is 9.05. The maximum Gasteiger partial charge on any atom is 0.331 e. The van der Waals surface area contributed by atoms with Gasteiger partial charge in [0.15, 0.2) is 0 Å². The minimum atomic E-state index is -0.683. The van der Waals surface area contributed by atoms with Gasteiger partial charge in [0.2, 0.25) is 0 Å². The molecule has 102 valence electrons. The van der Waals surface area contributed by atoms with Crippen molar-refractivity contribution in [3.05, 3.63) is 23.9 Å². The first kappa shape index (κ1) is 14.6. The van der Waals surface area contributed by atoms with Crippen molar-refractivity contribution in [3.63, 3.8) is 0 Å². The number of nitrogens with zero attached hydrogens (tertiary/aromatic N) is 1. The first-order valence-corrected chi connectivity index (χ1v) is 5.57. The molecule has 0 saturated heterocycles. The Bertz CT molecular complexity index is 451. The van der Waals surface area contributed by atoms with Crippen LogP contribution >= 0.6 is 0 Å². The highest BCUT2D eigenvalue weighted by Gasteiger charge is 2.09. The number of amides is 1. The van der Waals surface area contributed by atoms with E-state index < -0.39 is 11.9 Å². The Kier molecular flexibility index (Phi) is 6.00. The van der Waals surface area contributed by atoms with E-state index in [0.29, 0.717) is 12.1 Å². The maximum atomic E-state index is 11.4. The van der Waals surface area contributed by atoms with Gasteiger partial charge in [0.25, 0.3) is 5.91 Å². The van der Waals surface area contributed by atoms with E-state index in [0.717, 1.165) is 12.2 Å². The van der Waals surface area contributed by atoms with Crippen molar-refractivity contribution in [2.24, 2.45) is 4.99 Å². The van der Waals surface area contributed by atoms with Gasteiger partial charge in [0.05, 0.1) is 13.7 Å². The molecular formula is C12H14N2O5. The Balaban J connectivity index is 2.15. The fourth-order valence-electron chi connectivity index (χ4n) is 1.18. The summed E-state index contributed by atoms with van der Waals surface area (Å²) in [6.45, 7) is 0.177. The Labute approximate surface area is 110 Å². The lowest BCUT2D eigenvalue weighted by atomic mass is 10.4. The topological polar surface area (TPSA) is 94.1 Å². The van der Waals surface area contributed by atoms with Crippen LogP contribution in [-0.2, 0) is 23.9 Å². The van der Waals surface area contributed by atoms with Gasteiger partial charge in [-0.05, 0) is 6.08 Å². The lowest BCUT2D eigenvalue weighted by Gasteiger charge is -2.04. The molecule has 0 aromatic rings. The van der Waals surface area contributed by atoms with E-state index in [9.17, 15) is 14.4 Å². The number of methoxy groups -OCH3 is 1. The van der Waals surface area contributed by atoms with Crippen LogP contribution in [0.5, 0.6) is 0 Å². The van der Waals surface area contributed by atoms with Crippen LogP contribution in [0.2, 0.25) is 0 Å². The third-order valence-electron chi connectivity index (χ3n) is 2.07.